The van der Waals surface area contributed by atoms with Crippen molar-refractivity contribution < 1.29 is 51.4 Å². The molecule has 0 saturated carbocycles. The molecule has 0 aromatic heterocycles. The summed E-state index contributed by atoms with van der Waals surface area (Å²) in [5, 5.41) is 15.0. The number of nitrogens with zero attached hydrogens (tertiary/aromatic N) is 2. The molecule has 0 aromatic carbocycles. The van der Waals surface area contributed by atoms with Crippen LogP contribution >= 0.6 is 23.4 Å². The van der Waals surface area contributed by atoms with E-state index >= 15 is 0 Å². The number of hydrogen-bond donors (Lipinski definition) is 0. The zero-order valence-electron chi connectivity index (χ0n) is 5.92. The number of thioether (sulfide) groups is 1. The van der Waals surface area contributed by atoms with Gasteiger partial charge in [0.25, 0.3) is 0 Å². The maximum absolute atomic E-state index is 9.39. The van der Waals surface area contributed by atoms with E-state index in [9.17, 15) is 5.21 Å². The van der Waals surface area contributed by atoms with Crippen LogP contribution in [0.3, 0.4) is 0 Å². The van der Waals surface area contributed by atoms with E-state index in [2.05, 4.69) is 10.4 Å². The molecule has 0 bridgehead atoms. The van der Waals surface area contributed by atoms with Gasteiger partial charge < -0.3 is 5.21 Å². The number of hydrogen-bond acceptors (Lipinski definition) is 4. The van der Waals surface area contributed by atoms with Crippen LogP contribution in [-0.2, 0) is 0 Å². The molecule has 3 nitrogen and oxygen atoms in total. The number of halogens is 1. The molecule has 54 valence electrons. The maximum Gasteiger partial charge on any atom is 1.00 e. The molecule has 0 aliphatic carbocycles. The Morgan fingerprint density at radius 2 is 2.10 bits per heavy atom. The average Bonchev–Trinajstić information content (AvgIpc) is 1.89. The van der Waals surface area contributed by atoms with Crippen molar-refractivity contribution in [2.24, 2.45) is 10.4 Å². The summed E-state index contributed by atoms with van der Waals surface area (Å²) in [4.78, 5) is 0. The van der Waals surface area contributed by atoms with Gasteiger partial charge in [-0.2, -0.15) is 16.9 Å². The van der Waals surface area contributed by atoms with Crippen LogP contribution in [0.1, 0.15) is 0 Å². The third-order valence-electron chi connectivity index (χ3n) is 0.615. The molecule has 0 atom stereocenters. The summed E-state index contributed by atoms with van der Waals surface area (Å²) in [5.41, 5.74) is 0. The first-order valence-corrected chi connectivity index (χ1v) is 4.23. The van der Waals surface area contributed by atoms with Crippen LogP contribution in [0, 0.1) is 5.21 Å². The van der Waals surface area contributed by atoms with Crippen molar-refractivity contribution in [2.45, 2.75) is 0 Å². The minimum atomic E-state index is 0. The second kappa shape index (κ2) is 13.3. The van der Waals surface area contributed by atoms with E-state index in [0.29, 0.717) is 12.4 Å². The van der Waals surface area contributed by atoms with Gasteiger partial charge in [-0.15, -0.1) is 11.6 Å². The molecule has 0 aromatic rings. The first kappa shape index (κ1) is 14.2. The summed E-state index contributed by atoms with van der Waals surface area (Å²) in [5.74, 6) is 2.40. The Morgan fingerprint density at radius 1 is 1.40 bits per heavy atom. The van der Waals surface area contributed by atoms with Crippen molar-refractivity contribution >= 4 is 23.4 Å². The summed E-state index contributed by atoms with van der Waals surface area (Å²) in [6.45, 7) is 0.505. The molecule has 0 rings (SSSR count). The molecule has 0 radical (unpaired) electrons. The first-order chi connectivity index (χ1) is 4.41. The summed E-state index contributed by atoms with van der Waals surface area (Å²) >= 11 is 7.05. The van der Waals surface area contributed by atoms with Crippen molar-refractivity contribution in [3.05, 3.63) is 5.21 Å². The first-order valence-electron chi connectivity index (χ1n) is 2.54. The van der Waals surface area contributed by atoms with Gasteiger partial charge in [0.05, 0.1) is 6.54 Å². The predicted molar refractivity (Wildman–Crippen MR) is 41.1 cm³/mol. The quantitative estimate of drug-likeness (QED) is 0.189. The van der Waals surface area contributed by atoms with Crippen LogP contribution in [0.5, 0.6) is 0 Å². The molecule has 0 fully saturated rings. The molecule has 0 saturated heterocycles. The summed E-state index contributed by atoms with van der Waals surface area (Å²) in [7, 11) is 0. The average molecular weight is 207 g/mol. The Hall–Kier alpha value is 1.68. The zero-order valence-corrected chi connectivity index (χ0v) is 10.6. The van der Waals surface area contributed by atoms with E-state index < -0.39 is 0 Å². The van der Waals surface area contributed by atoms with Gasteiger partial charge >= 0.3 is 51.4 Å². The normalized spacial score (nSPS) is 9.70. The van der Waals surface area contributed by atoms with E-state index in [-0.39, 0.29) is 51.4 Å². The molecule has 0 unspecified atom stereocenters. The van der Waals surface area contributed by atoms with Crippen LogP contribution in [0.2, 0.25) is 0 Å². The van der Waals surface area contributed by atoms with E-state index in [1.54, 1.807) is 11.8 Å². The maximum atomic E-state index is 9.39. The molecule has 6 heteroatoms. The number of rotatable bonds is 5. The topological polar surface area (TPSA) is 47.8 Å². The molecule has 0 aliphatic rings. The molecule has 0 spiro atoms. The standard InChI is InChI=1S/C4H9ClN2OS.K/c5-1-3-9-4-2-6-7-8;/h1-4H2,(H,6,8);/q;+1/p-1. The summed E-state index contributed by atoms with van der Waals surface area (Å²) in [6, 6.07) is 0. The van der Waals surface area contributed by atoms with Gasteiger partial charge in [-0.25, -0.2) is 5.28 Å². The van der Waals surface area contributed by atoms with Gasteiger partial charge in [0, 0.05) is 17.4 Å². The van der Waals surface area contributed by atoms with Gasteiger partial charge in [0.2, 0.25) is 0 Å². The van der Waals surface area contributed by atoms with Crippen molar-refractivity contribution in [1.29, 1.82) is 0 Å². The third kappa shape index (κ3) is 12.4. The van der Waals surface area contributed by atoms with E-state index in [1.165, 1.54) is 0 Å². The largest absolute Gasteiger partial charge is 1.00 e. The van der Waals surface area contributed by atoms with Crippen molar-refractivity contribution in [3.63, 3.8) is 0 Å². The smallest absolute Gasteiger partial charge is 0.775 e. The fraction of sp³-hybridized carbons (Fsp3) is 1.00. The van der Waals surface area contributed by atoms with Crippen molar-refractivity contribution in [2.75, 3.05) is 23.9 Å². The fourth-order valence-electron chi connectivity index (χ4n) is 0.303. The molecule has 0 heterocycles. The fourth-order valence-corrected chi connectivity index (χ4v) is 1.15. The minimum Gasteiger partial charge on any atom is -0.775 e. The van der Waals surface area contributed by atoms with E-state index in [1.807, 2.05) is 0 Å². The van der Waals surface area contributed by atoms with Crippen LogP contribution in [-0.4, -0.2) is 23.9 Å². The van der Waals surface area contributed by atoms with Crippen LogP contribution in [0.25, 0.3) is 0 Å². The van der Waals surface area contributed by atoms with E-state index in [0.717, 1.165) is 11.5 Å². The molecular weight excluding hydrogens is 199 g/mol. The van der Waals surface area contributed by atoms with Crippen LogP contribution in [0.15, 0.2) is 10.4 Å². The Kier molecular flexibility index (Phi) is 18.9. The molecule has 0 amide bonds. The number of alkyl halides is 1. The van der Waals surface area contributed by atoms with Crippen molar-refractivity contribution in [3.8, 4) is 0 Å². The Morgan fingerprint density at radius 3 is 2.60 bits per heavy atom. The van der Waals surface area contributed by atoms with Gasteiger partial charge in [-0.3, -0.25) is 0 Å². The molecule has 0 aliphatic heterocycles. The zero-order chi connectivity index (χ0) is 6.95. The second-order valence-corrected chi connectivity index (χ2v) is 2.85. The SMILES string of the molecule is [K+].[O-]N=NCCSCCCl. The van der Waals surface area contributed by atoms with Crippen LogP contribution in [0.4, 0.5) is 0 Å². The van der Waals surface area contributed by atoms with Crippen molar-refractivity contribution in [1.82, 2.24) is 0 Å². The minimum absolute atomic E-state index is 0. The van der Waals surface area contributed by atoms with Gasteiger partial charge in [0.1, 0.15) is 0 Å². The Bertz CT molecular complexity index is 85.7. The predicted octanol–water partition coefficient (Wildman–Crippen LogP) is -1.09. The summed E-state index contributed by atoms with van der Waals surface area (Å²) < 4.78 is 0. The van der Waals surface area contributed by atoms with Gasteiger partial charge in [-0.05, 0) is 0 Å². The second-order valence-electron chi connectivity index (χ2n) is 1.25. The van der Waals surface area contributed by atoms with Gasteiger partial charge in [0.15, 0.2) is 0 Å². The Balaban J connectivity index is 0. The van der Waals surface area contributed by atoms with E-state index in [4.69, 9.17) is 11.6 Å². The van der Waals surface area contributed by atoms with Crippen LogP contribution < -0.4 is 51.4 Å². The summed E-state index contributed by atoms with van der Waals surface area (Å²) in [6.07, 6.45) is 0. The Labute approximate surface area is 112 Å². The molecule has 0 N–H and O–H groups in total. The monoisotopic (exact) mass is 206 g/mol. The molecule has 10 heavy (non-hydrogen) atoms. The van der Waals surface area contributed by atoms with Gasteiger partial charge in [-0.1, -0.05) is 0 Å². The molecular formula is C4H8ClKN2OS. The third-order valence-corrected chi connectivity index (χ3v) is 1.99.